The third-order valence-electron chi connectivity index (χ3n) is 5.68. The monoisotopic (exact) mass is 550 g/mol. The zero-order chi connectivity index (χ0) is 24.8. The minimum Gasteiger partial charge on any atom is -0.277 e. The van der Waals surface area contributed by atoms with E-state index in [0.717, 1.165) is 45.2 Å². The van der Waals surface area contributed by atoms with Crippen molar-refractivity contribution in [3.05, 3.63) is 113 Å². The minimum atomic E-state index is 0.0809. The molecule has 6 heteroatoms. The minimum absolute atomic E-state index is 0.0809. The van der Waals surface area contributed by atoms with Gasteiger partial charge in [0.1, 0.15) is 0 Å². The topological polar surface area (TPSA) is 17.1 Å². The molecule has 0 aliphatic carbocycles. The lowest BCUT2D eigenvalue weighted by Crippen LogP contribution is -2.15. The summed E-state index contributed by atoms with van der Waals surface area (Å²) in [7, 11) is 0. The van der Waals surface area contributed by atoms with Crippen LogP contribution < -0.4 is 4.74 Å². The van der Waals surface area contributed by atoms with Gasteiger partial charge in [-0.15, -0.1) is 0 Å². The molecule has 0 spiro atoms. The van der Waals surface area contributed by atoms with Crippen LogP contribution in [0.15, 0.2) is 65.5 Å². The summed E-state index contributed by atoms with van der Waals surface area (Å²) in [5.41, 5.74) is 3.98. The van der Waals surface area contributed by atoms with E-state index in [1.165, 1.54) is 11.3 Å². The summed E-state index contributed by atoms with van der Waals surface area (Å²) in [6.07, 6.45) is 2.15. The maximum atomic E-state index is 13.3. The van der Waals surface area contributed by atoms with Crippen LogP contribution in [0.3, 0.4) is 0 Å². The van der Waals surface area contributed by atoms with Gasteiger partial charge in [-0.25, -0.2) is 0 Å². The van der Waals surface area contributed by atoms with E-state index >= 15 is 0 Å². The van der Waals surface area contributed by atoms with Gasteiger partial charge in [0.2, 0.25) is 4.74 Å². The SMILES string of the molecule is CC.CCC(Cc1ccc(Cl)c(Cl)c1)c1c(Cc2ccc(Cl)c(Cl)c2)c(=O)sc2ccccc12. The largest absolute Gasteiger partial charge is 0.277 e. The molecular formula is C28H26Cl4OS. The molecule has 0 saturated carbocycles. The molecule has 0 fully saturated rings. The quantitative estimate of drug-likeness (QED) is 0.233. The molecule has 0 amide bonds. The normalized spacial score (nSPS) is 11.7. The van der Waals surface area contributed by atoms with Crippen LogP contribution in [0.2, 0.25) is 20.1 Å². The summed E-state index contributed by atoms with van der Waals surface area (Å²) in [4.78, 5) is 13.3. The summed E-state index contributed by atoms with van der Waals surface area (Å²) in [6.45, 7) is 6.15. The molecular weight excluding hydrogens is 526 g/mol. The molecule has 0 bridgehead atoms. The Kier molecular flexibility index (Phi) is 9.88. The average molecular weight is 552 g/mol. The Labute approximate surface area is 225 Å². The van der Waals surface area contributed by atoms with E-state index in [-0.39, 0.29) is 10.7 Å². The number of rotatable bonds is 6. The third kappa shape index (κ3) is 6.17. The molecule has 178 valence electrons. The Morgan fingerprint density at radius 2 is 1.38 bits per heavy atom. The molecule has 1 nitrogen and oxygen atoms in total. The Morgan fingerprint density at radius 1 is 0.794 bits per heavy atom. The Hall–Kier alpha value is -1.55. The van der Waals surface area contributed by atoms with E-state index in [1.54, 1.807) is 6.07 Å². The second-order valence-corrected chi connectivity index (χ2v) is 10.4. The lowest BCUT2D eigenvalue weighted by molar-refractivity contribution is 0.659. The number of fused-ring (bicyclic) bond motifs is 1. The number of halogens is 4. The first kappa shape index (κ1) is 27.0. The van der Waals surface area contributed by atoms with Gasteiger partial charge in [0, 0.05) is 16.7 Å². The van der Waals surface area contributed by atoms with Crippen molar-refractivity contribution in [3.8, 4) is 0 Å². The van der Waals surface area contributed by atoms with Crippen molar-refractivity contribution in [1.29, 1.82) is 0 Å². The first-order chi connectivity index (χ1) is 16.4. The van der Waals surface area contributed by atoms with Crippen LogP contribution in [0, 0.1) is 0 Å². The lowest BCUT2D eigenvalue weighted by atomic mass is 9.84. The van der Waals surface area contributed by atoms with Crippen LogP contribution in [0.25, 0.3) is 10.1 Å². The molecule has 0 N–H and O–H groups in total. The molecule has 1 heterocycles. The molecule has 1 unspecified atom stereocenters. The van der Waals surface area contributed by atoms with E-state index in [9.17, 15) is 4.79 Å². The van der Waals surface area contributed by atoms with E-state index < -0.39 is 0 Å². The van der Waals surface area contributed by atoms with Crippen LogP contribution in [0.4, 0.5) is 0 Å². The van der Waals surface area contributed by atoms with Crippen molar-refractivity contribution >= 4 is 67.8 Å². The molecule has 4 aromatic rings. The number of hydrogen-bond donors (Lipinski definition) is 0. The van der Waals surface area contributed by atoms with E-state index in [1.807, 2.05) is 62.4 Å². The molecule has 0 aliphatic rings. The Morgan fingerprint density at radius 3 is 2.00 bits per heavy atom. The molecule has 3 aromatic carbocycles. The van der Waals surface area contributed by atoms with Gasteiger partial charge < -0.3 is 0 Å². The van der Waals surface area contributed by atoms with Crippen LogP contribution in [-0.4, -0.2) is 0 Å². The number of hydrogen-bond acceptors (Lipinski definition) is 2. The summed E-state index contributed by atoms with van der Waals surface area (Å²) in [5, 5.41) is 3.20. The maximum Gasteiger partial charge on any atom is 0.236 e. The third-order valence-corrected chi connectivity index (χ3v) is 8.17. The highest BCUT2D eigenvalue weighted by molar-refractivity contribution is 7.16. The van der Waals surface area contributed by atoms with Gasteiger partial charge in [0.05, 0.1) is 20.1 Å². The molecule has 34 heavy (non-hydrogen) atoms. The predicted octanol–water partition coefficient (Wildman–Crippen LogP) is 10.2. The van der Waals surface area contributed by atoms with Crippen molar-refractivity contribution in [2.75, 3.05) is 0 Å². The van der Waals surface area contributed by atoms with Crippen molar-refractivity contribution < 1.29 is 0 Å². The maximum absolute atomic E-state index is 13.3. The molecule has 1 atom stereocenters. The van der Waals surface area contributed by atoms with E-state index in [2.05, 4.69) is 13.0 Å². The molecule has 4 rings (SSSR count). The fourth-order valence-corrected chi connectivity index (χ4v) is 5.68. The van der Waals surface area contributed by atoms with Crippen molar-refractivity contribution in [1.82, 2.24) is 0 Å². The van der Waals surface area contributed by atoms with Gasteiger partial charge in [-0.3, -0.25) is 4.79 Å². The zero-order valence-electron chi connectivity index (χ0n) is 19.3. The van der Waals surface area contributed by atoms with Crippen LogP contribution in [0.1, 0.15) is 55.4 Å². The van der Waals surface area contributed by atoms with Gasteiger partial charge in [0.15, 0.2) is 0 Å². The highest BCUT2D eigenvalue weighted by Crippen LogP contribution is 2.36. The fourth-order valence-electron chi connectivity index (χ4n) is 4.10. The van der Waals surface area contributed by atoms with Gasteiger partial charge in [-0.05, 0) is 71.2 Å². The highest BCUT2D eigenvalue weighted by Gasteiger charge is 2.21. The smallest absolute Gasteiger partial charge is 0.236 e. The van der Waals surface area contributed by atoms with Gasteiger partial charge in [-0.1, -0.05) is 109 Å². The second kappa shape index (κ2) is 12.4. The number of benzene rings is 3. The summed E-state index contributed by atoms with van der Waals surface area (Å²) in [6, 6.07) is 19.4. The molecule has 1 aromatic heterocycles. The highest BCUT2D eigenvalue weighted by atomic mass is 35.5. The van der Waals surface area contributed by atoms with Crippen LogP contribution in [-0.2, 0) is 12.8 Å². The van der Waals surface area contributed by atoms with Gasteiger partial charge in [-0.2, -0.15) is 0 Å². The zero-order valence-corrected chi connectivity index (χ0v) is 23.1. The van der Waals surface area contributed by atoms with Crippen LogP contribution >= 0.6 is 57.7 Å². The lowest BCUT2D eigenvalue weighted by Gasteiger charge is -2.21. The fraction of sp³-hybridized carbons (Fsp3) is 0.250. The van der Waals surface area contributed by atoms with E-state index in [4.69, 9.17) is 46.4 Å². The Balaban J connectivity index is 0.00000158. The first-order valence-corrected chi connectivity index (χ1v) is 13.6. The van der Waals surface area contributed by atoms with E-state index in [0.29, 0.717) is 26.5 Å². The van der Waals surface area contributed by atoms with Crippen molar-refractivity contribution in [2.24, 2.45) is 0 Å². The second-order valence-electron chi connectivity index (χ2n) is 7.76. The molecule has 0 radical (unpaired) electrons. The summed E-state index contributed by atoms with van der Waals surface area (Å²) < 4.78 is 1.08. The van der Waals surface area contributed by atoms with Crippen molar-refractivity contribution in [2.45, 2.75) is 46.0 Å². The Bertz CT molecular complexity index is 1350. The average Bonchev–Trinajstić information content (AvgIpc) is 2.84. The molecule has 0 saturated heterocycles. The van der Waals surface area contributed by atoms with Crippen molar-refractivity contribution in [3.63, 3.8) is 0 Å². The van der Waals surface area contributed by atoms with Gasteiger partial charge >= 0.3 is 0 Å². The predicted molar refractivity (Wildman–Crippen MR) is 152 cm³/mol. The summed E-state index contributed by atoms with van der Waals surface area (Å²) in [5.74, 6) is 0.149. The van der Waals surface area contributed by atoms with Gasteiger partial charge in [0.25, 0.3) is 0 Å². The van der Waals surface area contributed by atoms with Crippen LogP contribution in [0.5, 0.6) is 0 Å². The standard InChI is InChI=1S/C26H20Cl4OS.C2H6/c1-2-17(11-15-7-9-20(27)22(29)13-15)25-18-5-3-4-6-24(18)32-26(31)19(25)12-16-8-10-21(28)23(30)14-16;1-2/h3-10,13-14,17H,2,11-12H2,1H3;1-2H3. The molecule has 0 aliphatic heterocycles. The first-order valence-electron chi connectivity index (χ1n) is 11.3. The summed E-state index contributed by atoms with van der Waals surface area (Å²) >= 11 is 26.0.